The summed E-state index contributed by atoms with van der Waals surface area (Å²) in [4.78, 5) is 8.24. The van der Waals surface area contributed by atoms with E-state index in [-0.39, 0.29) is 0 Å². The summed E-state index contributed by atoms with van der Waals surface area (Å²) < 4.78 is 0. The third-order valence-corrected chi connectivity index (χ3v) is 2.71. The van der Waals surface area contributed by atoms with Gasteiger partial charge in [0.15, 0.2) is 0 Å². The van der Waals surface area contributed by atoms with E-state index in [4.69, 9.17) is 17.3 Å². The van der Waals surface area contributed by atoms with E-state index in [1.54, 1.807) is 13.0 Å². The maximum Gasteiger partial charge on any atom is 0.136 e. The van der Waals surface area contributed by atoms with Crippen LogP contribution in [0.15, 0.2) is 24.3 Å². The second kappa shape index (κ2) is 4.59. The van der Waals surface area contributed by atoms with Crippen LogP contribution in [-0.2, 0) is 0 Å². The Morgan fingerprint density at radius 2 is 1.94 bits per heavy atom. The standard InChI is InChI=1S/C12H13ClN4/c1-7-3-4-9(5-10(7)13)17-12-6-11(14)15-8(2)16-12/h3-6H,1-2H3,(H3,14,15,16,17). The maximum absolute atomic E-state index is 6.05. The second-order valence-corrected chi connectivity index (χ2v) is 4.22. The van der Waals surface area contributed by atoms with Gasteiger partial charge in [-0.2, -0.15) is 0 Å². The SMILES string of the molecule is Cc1nc(N)cc(Nc2ccc(C)c(Cl)c2)n1. The molecule has 0 saturated carbocycles. The summed E-state index contributed by atoms with van der Waals surface area (Å²) in [7, 11) is 0. The Bertz CT molecular complexity index is 534. The van der Waals surface area contributed by atoms with Gasteiger partial charge in [0.25, 0.3) is 0 Å². The van der Waals surface area contributed by atoms with E-state index in [0.29, 0.717) is 22.5 Å². The molecule has 0 radical (unpaired) electrons. The molecule has 0 aliphatic heterocycles. The molecule has 2 rings (SSSR count). The van der Waals surface area contributed by atoms with Crippen LogP contribution in [0.25, 0.3) is 0 Å². The molecule has 0 atom stereocenters. The van der Waals surface area contributed by atoms with Crippen LogP contribution in [0, 0.1) is 13.8 Å². The highest BCUT2D eigenvalue weighted by atomic mass is 35.5. The smallest absolute Gasteiger partial charge is 0.136 e. The molecular weight excluding hydrogens is 236 g/mol. The minimum absolute atomic E-state index is 0.443. The number of nitrogen functional groups attached to an aromatic ring is 1. The van der Waals surface area contributed by atoms with Crippen LogP contribution in [0.1, 0.15) is 11.4 Å². The van der Waals surface area contributed by atoms with E-state index in [9.17, 15) is 0 Å². The van der Waals surface area contributed by atoms with Crippen molar-refractivity contribution in [2.45, 2.75) is 13.8 Å². The van der Waals surface area contributed by atoms with Crippen molar-refractivity contribution < 1.29 is 0 Å². The fourth-order valence-electron chi connectivity index (χ4n) is 1.47. The average molecular weight is 249 g/mol. The van der Waals surface area contributed by atoms with Gasteiger partial charge in [0, 0.05) is 16.8 Å². The van der Waals surface area contributed by atoms with E-state index in [2.05, 4.69) is 15.3 Å². The first kappa shape index (κ1) is 11.7. The zero-order valence-corrected chi connectivity index (χ0v) is 10.4. The van der Waals surface area contributed by atoms with Crippen molar-refractivity contribution in [1.29, 1.82) is 0 Å². The number of aromatic nitrogens is 2. The number of nitrogens with one attached hydrogen (secondary N) is 1. The van der Waals surface area contributed by atoms with Gasteiger partial charge in [0.2, 0.25) is 0 Å². The monoisotopic (exact) mass is 248 g/mol. The highest BCUT2D eigenvalue weighted by Gasteiger charge is 2.01. The Balaban J connectivity index is 2.28. The van der Waals surface area contributed by atoms with Crippen LogP contribution in [0.5, 0.6) is 0 Å². The van der Waals surface area contributed by atoms with Crippen LogP contribution in [0.3, 0.4) is 0 Å². The Hall–Kier alpha value is -1.81. The molecule has 5 heteroatoms. The first-order valence-electron chi connectivity index (χ1n) is 5.19. The van der Waals surface area contributed by atoms with Gasteiger partial charge in [-0.1, -0.05) is 17.7 Å². The van der Waals surface area contributed by atoms with Gasteiger partial charge in [-0.3, -0.25) is 0 Å². The molecule has 1 aromatic carbocycles. The lowest BCUT2D eigenvalue weighted by molar-refractivity contribution is 1.06. The molecule has 4 nitrogen and oxygen atoms in total. The minimum Gasteiger partial charge on any atom is -0.384 e. The lowest BCUT2D eigenvalue weighted by Crippen LogP contribution is -2.00. The summed E-state index contributed by atoms with van der Waals surface area (Å²) in [6.07, 6.45) is 0. The number of hydrogen-bond donors (Lipinski definition) is 2. The lowest BCUT2D eigenvalue weighted by Gasteiger charge is -2.08. The highest BCUT2D eigenvalue weighted by Crippen LogP contribution is 2.22. The normalized spacial score (nSPS) is 10.3. The quantitative estimate of drug-likeness (QED) is 0.857. The minimum atomic E-state index is 0.443. The predicted octanol–water partition coefficient (Wildman–Crippen LogP) is 3.07. The molecule has 0 bridgehead atoms. The third-order valence-electron chi connectivity index (χ3n) is 2.30. The number of hydrogen-bond acceptors (Lipinski definition) is 4. The number of benzene rings is 1. The molecule has 17 heavy (non-hydrogen) atoms. The van der Waals surface area contributed by atoms with Crippen LogP contribution in [0.4, 0.5) is 17.3 Å². The highest BCUT2D eigenvalue weighted by molar-refractivity contribution is 6.31. The lowest BCUT2D eigenvalue weighted by atomic mass is 10.2. The molecular formula is C12H13ClN4. The van der Waals surface area contributed by atoms with Crippen LogP contribution < -0.4 is 11.1 Å². The number of rotatable bonds is 2. The molecule has 1 heterocycles. The summed E-state index contributed by atoms with van der Waals surface area (Å²) in [6, 6.07) is 7.42. The molecule has 0 fully saturated rings. The molecule has 1 aromatic heterocycles. The van der Waals surface area contributed by atoms with Crippen molar-refractivity contribution in [3.05, 3.63) is 40.7 Å². The predicted molar refractivity (Wildman–Crippen MR) is 70.7 cm³/mol. The van der Waals surface area contributed by atoms with Crippen molar-refractivity contribution in [2.24, 2.45) is 0 Å². The van der Waals surface area contributed by atoms with Crippen LogP contribution >= 0.6 is 11.6 Å². The van der Waals surface area contributed by atoms with Gasteiger partial charge < -0.3 is 11.1 Å². The number of nitrogens with two attached hydrogens (primary N) is 1. The Morgan fingerprint density at radius 3 is 2.59 bits per heavy atom. The van der Waals surface area contributed by atoms with Crippen molar-refractivity contribution in [3.8, 4) is 0 Å². The number of halogens is 1. The zero-order chi connectivity index (χ0) is 12.4. The number of anilines is 3. The molecule has 0 spiro atoms. The van der Waals surface area contributed by atoms with E-state index in [1.807, 2.05) is 25.1 Å². The van der Waals surface area contributed by atoms with Crippen molar-refractivity contribution >= 4 is 28.9 Å². The Labute approximate surface area is 105 Å². The average Bonchev–Trinajstić information content (AvgIpc) is 2.22. The van der Waals surface area contributed by atoms with Crippen LogP contribution in [-0.4, -0.2) is 9.97 Å². The fourth-order valence-corrected chi connectivity index (χ4v) is 1.65. The summed E-state index contributed by atoms with van der Waals surface area (Å²) >= 11 is 6.05. The van der Waals surface area contributed by atoms with Gasteiger partial charge in [-0.25, -0.2) is 9.97 Å². The van der Waals surface area contributed by atoms with Crippen molar-refractivity contribution in [2.75, 3.05) is 11.1 Å². The van der Waals surface area contributed by atoms with E-state index >= 15 is 0 Å². The van der Waals surface area contributed by atoms with E-state index < -0.39 is 0 Å². The first-order valence-corrected chi connectivity index (χ1v) is 5.57. The molecule has 3 N–H and O–H groups in total. The van der Waals surface area contributed by atoms with Crippen molar-refractivity contribution in [3.63, 3.8) is 0 Å². The maximum atomic E-state index is 6.05. The molecule has 88 valence electrons. The molecule has 0 amide bonds. The summed E-state index contributed by atoms with van der Waals surface area (Å²) in [5.41, 5.74) is 7.56. The van der Waals surface area contributed by atoms with Gasteiger partial charge in [0.1, 0.15) is 17.5 Å². The number of nitrogens with zero attached hydrogens (tertiary/aromatic N) is 2. The third kappa shape index (κ3) is 2.85. The van der Waals surface area contributed by atoms with Gasteiger partial charge in [0.05, 0.1) is 0 Å². The largest absolute Gasteiger partial charge is 0.384 e. The van der Waals surface area contributed by atoms with E-state index in [1.165, 1.54) is 0 Å². The van der Waals surface area contributed by atoms with Gasteiger partial charge >= 0.3 is 0 Å². The molecule has 0 unspecified atom stereocenters. The first-order chi connectivity index (χ1) is 8.04. The molecule has 0 saturated heterocycles. The fraction of sp³-hybridized carbons (Fsp3) is 0.167. The van der Waals surface area contributed by atoms with E-state index in [0.717, 1.165) is 11.3 Å². The summed E-state index contributed by atoms with van der Waals surface area (Å²) in [6.45, 7) is 3.75. The Kier molecular flexibility index (Phi) is 3.15. The topological polar surface area (TPSA) is 63.8 Å². The van der Waals surface area contributed by atoms with Gasteiger partial charge in [-0.05, 0) is 31.5 Å². The Morgan fingerprint density at radius 1 is 1.18 bits per heavy atom. The summed E-state index contributed by atoms with van der Waals surface area (Å²) in [5.74, 6) is 1.74. The molecule has 0 aliphatic rings. The second-order valence-electron chi connectivity index (χ2n) is 3.81. The van der Waals surface area contributed by atoms with Gasteiger partial charge in [-0.15, -0.1) is 0 Å². The molecule has 0 aliphatic carbocycles. The van der Waals surface area contributed by atoms with Crippen LogP contribution in [0.2, 0.25) is 5.02 Å². The number of aryl methyl sites for hydroxylation is 2. The zero-order valence-electron chi connectivity index (χ0n) is 9.66. The molecule has 2 aromatic rings. The summed E-state index contributed by atoms with van der Waals surface area (Å²) in [5, 5.41) is 3.85. The van der Waals surface area contributed by atoms with Crippen molar-refractivity contribution in [1.82, 2.24) is 9.97 Å².